The van der Waals surface area contributed by atoms with Gasteiger partial charge in [0, 0.05) is 29.7 Å². The van der Waals surface area contributed by atoms with Gasteiger partial charge in [-0.15, -0.1) is 0 Å². The highest BCUT2D eigenvalue weighted by Gasteiger charge is 2.36. The number of hydrogen-bond acceptors (Lipinski definition) is 5. The van der Waals surface area contributed by atoms with Crippen LogP contribution in [0.1, 0.15) is 20.3 Å². The molecular weight excluding hydrogens is 272 g/mol. The lowest BCUT2D eigenvalue weighted by atomic mass is 10.1. The molecule has 7 heteroatoms. The molecule has 2 atom stereocenters. The van der Waals surface area contributed by atoms with Crippen LogP contribution in [-0.4, -0.2) is 54.9 Å². The number of amides is 1. The Kier molecular flexibility index (Phi) is 5.94. The lowest BCUT2D eigenvalue weighted by Crippen LogP contribution is -2.52. The van der Waals surface area contributed by atoms with Crippen molar-refractivity contribution in [1.29, 1.82) is 0 Å². The first kappa shape index (κ1) is 15.8. The summed E-state index contributed by atoms with van der Waals surface area (Å²) >= 11 is 1.59. The van der Waals surface area contributed by atoms with Gasteiger partial charge in [0.2, 0.25) is 5.91 Å². The fourth-order valence-corrected chi connectivity index (χ4v) is 4.95. The molecule has 1 saturated heterocycles. The third-order valence-corrected chi connectivity index (χ3v) is 6.49. The van der Waals surface area contributed by atoms with Gasteiger partial charge in [-0.3, -0.25) is 4.79 Å². The molecule has 1 rings (SSSR count). The standard InChI is InChI=1S/C11H22N2O3S2/c1-3-18(15,16)10-8-17-7-6-13(10)11(14)9(2)4-5-12/h9-10H,3-8,12H2,1-2H3. The first-order chi connectivity index (χ1) is 8.44. The Morgan fingerprint density at radius 3 is 2.78 bits per heavy atom. The predicted octanol–water partition coefficient (Wildman–Crippen LogP) is 0.308. The molecule has 1 aliphatic heterocycles. The molecule has 0 spiro atoms. The molecule has 2 unspecified atom stereocenters. The molecule has 0 radical (unpaired) electrons. The minimum atomic E-state index is -3.21. The zero-order valence-corrected chi connectivity index (χ0v) is 12.6. The first-order valence-corrected chi connectivity index (χ1v) is 9.11. The van der Waals surface area contributed by atoms with Gasteiger partial charge in [-0.25, -0.2) is 8.42 Å². The molecule has 1 fully saturated rings. The summed E-state index contributed by atoms with van der Waals surface area (Å²) in [6, 6.07) is 0. The van der Waals surface area contributed by atoms with Gasteiger partial charge in [0.25, 0.3) is 0 Å². The second kappa shape index (κ2) is 6.77. The van der Waals surface area contributed by atoms with Gasteiger partial charge >= 0.3 is 0 Å². The second-order valence-corrected chi connectivity index (χ2v) is 8.09. The minimum absolute atomic E-state index is 0.0767. The van der Waals surface area contributed by atoms with Crippen LogP contribution in [-0.2, 0) is 14.6 Å². The van der Waals surface area contributed by atoms with Crippen LogP contribution >= 0.6 is 11.8 Å². The first-order valence-electron chi connectivity index (χ1n) is 6.24. The minimum Gasteiger partial charge on any atom is -0.330 e. The quantitative estimate of drug-likeness (QED) is 0.789. The number of rotatable bonds is 5. The van der Waals surface area contributed by atoms with E-state index in [1.807, 2.05) is 6.92 Å². The van der Waals surface area contributed by atoms with Crippen molar-refractivity contribution in [2.45, 2.75) is 25.6 Å². The number of hydrogen-bond donors (Lipinski definition) is 1. The molecule has 0 aromatic rings. The zero-order valence-electron chi connectivity index (χ0n) is 11.0. The Hall–Kier alpha value is -0.270. The van der Waals surface area contributed by atoms with Crippen molar-refractivity contribution in [2.75, 3.05) is 30.3 Å². The van der Waals surface area contributed by atoms with E-state index in [0.717, 1.165) is 5.75 Å². The molecule has 106 valence electrons. The van der Waals surface area contributed by atoms with Gasteiger partial charge in [0.1, 0.15) is 5.37 Å². The zero-order chi connectivity index (χ0) is 13.8. The number of thioether (sulfide) groups is 1. The lowest BCUT2D eigenvalue weighted by Gasteiger charge is -2.36. The molecule has 1 aliphatic rings. The Morgan fingerprint density at radius 2 is 2.22 bits per heavy atom. The van der Waals surface area contributed by atoms with Crippen molar-refractivity contribution in [2.24, 2.45) is 11.7 Å². The molecule has 0 aromatic carbocycles. The summed E-state index contributed by atoms with van der Waals surface area (Å²) in [5.41, 5.74) is 5.45. The Bertz CT molecular complexity index is 384. The molecular formula is C11H22N2O3S2. The molecule has 1 heterocycles. The molecule has 0 aromatic heterocycles. The summed E-state index contributed by atoms with van der Waals surface area (Å²) in [5, 5.41) is -0.658. The van der Waals surface area contributed by atoms with Crippen LogP contribution in [0.5, 0.6) is 0 Å². The van der Waals surface area contributed by atoms with Gasteiger partial charge in [-0.2, -0.15) is 11.8 Å². The fourth-order valence-electron chi connectivity index (χ4n) is 1.98. The fraction of sp³-hybridized carbons (Fsp3) is 0.909. The summed E-state index contributed by atoms with van der Waals surface area (Å²) in [7, 11) is -3.21. The van der Waals surface area contributed by atoms with Crippen LogP contribution in [0.2, 0.25) is 0 Å². The monoisotopic (exact) mass is 294 g/mol. The topological polar surface area (TPSA) is 80.5 Å². The summed E-state index contributed by atoms with van der Waals surface area (Å²) < 4.78 is 24.0. The van der Waals surface area contributed by atoms with E-state index in [2.05, 4.69) is 0 Å². The molecule has 18 heavy (non-hydrogen) atoms. The van der Waals surface area contributed by atoms with E-state index in [9.17, 15) is 13.2 Å². The molecule has 0 bridgehead atoms. The Balaban J connectivity index is 2.86. The maximum absolute atomic E-state index is 12.3. The second-order valence-electron chi connectivity index (χ2n) is 4.49. The van der Waals surface area contributed by atoms with Gasteiger partial charge in [-0.05, 0) is 13.0 Å². The highest BCUT2D eigenvalue weighted by Crippen LogP contribution is 2.23. The smallest absolute Gasteiger partial charge is 0.226 e. The van der Waals surface area contributed by atoms with Crippen LogP contribution in [0.4, 0.5) is 0 Å². The molecule has 1 amide bonds. The summed E-state index contributed by atoms with van der Waals surface area (Å²) in [5.74, 6) is 1.08. The largest absolute Gasteiger partial charge is 0.330 e. The molecule has 0 saturated carbocycles. The lowest BCUT2D eigenvalue weighted by molar-refractivity contribution is -0.135. The summed E-state index contributed by atoms with van der Waals surface area (Å²) in [4.78, 5) is 13.8. The van der Waals surface area contributed by atoms with E-state index in [0.29, 0.717) is 25.3 Å². The highest BCUT2D eigenvalue weighted by atomic mass is 32.2. The van der Waals surface area contributed by atoms with Gasteiger partial charge in [0.15, 0.2) is 9.84 Å². The number of carbonyl (C=O) groups is 1. The van der Waals surface area contributed by atoms with Crippen LogP contribution in [0.25, 0.3) is 0 Å². The van der Waals surface area contributed by atoms with Crippen LogP contribution in [0.15, 0.2) is 0 Å². The maximum atomic E-state index is 12.3. The van der Waals surface area contributed by atoms with Crippen molar-refractivity contribution < 1.29 is 13.2 Å². The average molecular weight is 294 g/mol. The Labute approximate surface area is 113 Å². The number of nitrogens with zero attached hydrogens (tertiary/aromatic N) is 1. The van der Waals surface area contributed by atoms with E-state index < -0.39 is 15.2 Å². The van der Waals surface area contributed by atoms with Crippen molar-refractivity contribution in [3.8, 4) is 0 Å². The van der Waals surface area contributed by atoms with Crippen molar-refractivity contribution in [1.82, 2.24) is 4.90 Å². The van der Waals surface area contributed by atoms with Gasteiger partial charge < -0.3 is 10.6 Å². The third kappa shape index (κ3) is 3.61. The third-order valence-electron chi connectivity index (χ3n) is 3.21. The van der Waals surface area contributed by atoms with Crippen molar-refractivity contribution >= 4 is 27.5 Å². The van der Waals surface area contributed by atoms with Crippen molar-refractivity contribution in [3.63, 3.8) is 0 Å². The normalized spacial score (nSPS) is 22.8. The Morgan fingerprint density at radius 1 is 1.56 bits per heavy atom. The number of nitrogens with two attached hydrogens (primary N) is 1. The van der Waals surface area contributed by atoms with E-state index in [1.165, 1.54) is 4.90 Å². The van der Waals surface area contributed by atoms with E-state index in [-0.39, 0.29) is 17.6 Å². The predicted molar refractivity (Wildman–Crippen MR) is 75.1 cm³/mol. The van der Waals surface area contributed by atoms with E-state index >= 15 is 0 Å². The molecule has 0 aliphatic carbocycles. The maximum Gasteiger partial charge on any atom is 0.226 e. The number of carbonyl (C=O) groups excluding carboxylic acids is 1. The van der Waals surface area contributed by atoms with Crippen molar-refractivity contribution in [3.05, 3.63) is 0 Å². The molecule has 2 N–H and O–H groups in total. The van der Waals surface area contributed by atoms with Crippen LogP contribution in [0.3, 0.4) is 0 Å². The number of sulfone groups is 1. The SMILES string of the molecule is CCS(=O)(=O)C1CSCCN1C(=O)C(C)CCN. The van der Waals surface area contributed by atoms with Crippen LogP contribution in [0, 0.1) is 5.92 Å². The highest BCUT2D eigenvalue weighted by molar-refractivity contribution is 8.01. The van der Waals surface area contributed by atoms with Gasteiger partial charge in [-0.1, -0.05) is 13.8 Å². The van der Waals surface area contributed by atoms with E-state index in [4.69, 9.17) is 5.73 Å². The summed E-state index contributed by atoms with van der Waals surface area (Å²) in [6.45, 7) is 4.40. The van der Waals surface area contributed by atoms with E-state index in [1.54, 1.807) is 18.7 Å². The van der Waals surface area contributed by atoms with Crippen LogP contribution < -0.4 is 5.73 Å². The molecule has 5 nitrogen and oxygen atoms in total. The summed E-state index contributed by atoms with van der Waals surface area (Å²) in [6.07, 6.45) is 0.599. The average Bonchev–Trinajstić information content (AvgIpc) is 2.38. The van der Waals surface area contributed by atoms with Gasteiger partial charge in [0.05, 0.1) is 0 Å².